The van der Waals surface area contributed by atoms with Gasteiger partial charge in [-0.1, -0.05) is 12.1 Å². The molecule has 2 aliphatic rings. The van der Waals surface area contributed by atoms with Crippen molar-refractivity contribution in [1.82, 2.24) is 9.62 Å². The van der Waals surface area contributed by atoms with Crippen molar-refractivity contribution in [1.29, 1.82) is 5.26 Å². The molecular weight excluding hydrogens is 350 g/mol. The van der Waals surface area contributed by atoms with Gasteiger partial charge < -0.3 is 5.32 Å². The van der Waals surface area contributed by atoms with Gasteiger partial charge in [-0.25, -0.2) is 8.42 Å². The number of carbonyl (C=O) groups is 1. The zero-order valence-electron chi connectivity index (χ0n) is 14.9. The number of hydrogen-bond acceptors (Lipinski definition) is 4. The van der Waals surface area contributed by atoms with E-state index in [0.717, 1.165) is 44.1 Å². The summed E-state index contributed by atoms with van der Waals surface area (Å²) in [5.74, 6) is -0.123. The number of carbonyl (C=O) groups excluding carboxylic acids is 1. The number of nitrogens with one attached hydrogen (secondary N) is 1. The molecule has 7 heteroatoms. The smallest absolute Gasteiger partial charge is 0.243 e. The number of aryl methyl sites for hydroxylation is 1. The van der Waals surface area contributed by atoms with Crippen LogP contribution in [-0.2, 0) is 21.2 Å². The first-order valence-electron chi connectivity index (χ1n) is 9.27. The average Bonchev–Trinajstić information content (AvgIpc) is 3.33. The third kappa shape index (κ3) is 4.08. The summed E-state index contributed by atoms with van der Waals surface area (Å²) in [5.41, 5.74) is 0.225. The Morgan fingerprint density at radius 3 is 2.31 bits per heavy atom. The van der Waals surface area contributed by atoms with Crippen LogP contribution in [0.25, 0.3) is 0 Å². The van der Waals surface area contributed by atoms with E-state index in [-0.39, 0.29) is 5.91 Å². The van der Waals surface area contributed by atoms with Gasteiger partial charge in [0.15, 0.2) is 0 Å². The zero-order valence-corrected chi connectivity index (χ0v) is 15.7. The summed E-state index contributed by atoms with van der Waals surface area (Å²) in [6.07, 6.45) is 6.03. The van der Waals surface area contributed by atoms with Gasteiger partial charge in [0.05, 0.1) is 11.0 Å². The Kier molecular flexibility index (Phi) is 5.64. The van der Waals surface area contributed by atoms with Crippen LogP contribution in [0.1, 0.15) is 50.5 Å². The maximum absolute atomic E-state index is 12.5. The Bertz CT molecular complexity index is 784. The van der Waals surface area contributed by atoms with Crippen LogP contribution in [0.5, 0.6) is 0 Å². The van der Waals surface area contributed by atoms with Crippen LogP contribution >= 0.6 is 0 Å². The third-order valence-corrected chi connectivity index (χ3v) is 7.23. The molecule has 1 aromatic carbocycles. The predicted octanol–water partition coefficient (Wildman–Crippen LogP) is 2.36. The minimum absolute atomic E-state index is 0.123. The Morgan fingerprint density at radius 1 is 1.12 bits per heavy atom. The van der Waals surface area contributed by atoms with E-state index in [1.165, 1.54) is 4.31 Å². The van der Waals surface area contributed by atoms with Crippen molar-refractivity contribution in [3.8, 4) is 6.07 Å². The molecule has 140 valence electrons. The lowest BCUT2D eigenvalue weighted by Gasteiger charge is -2.21. The fourth-order valence-corrected chi connectivity index (χ4v) is 5.25. The van der Waals surface area contributed by atoms with Crippen LogP contribution in [0.15, 0.2) is 29.2 Å². The van der Waals surface area contributed by atoms with E-state index in [1.54, 1.807) is 24.3 Å². The minimum Gasteiger partial charge on any atom is -0.338 e. The molecule has 1 saturated heterocycles. The van der Waals surface area contributed by atoms with Crippen LogP contribution in [-0.4, -0.2) is 37.3 Å². The molecule has 0 aromatic heterocycles. The fourth-order valence-electron chi connectivity index (χ4n) is 3.74. The summed E-state index contributed by atoms with van der Waals surface area (Å²) in [7, 11) is -3.40. The van der Waals surface area contributed by atoms with Gasteiger partial charge in [0.2, 0.25) is 15.9 Å². The summed E-state index contributed by atoms with van der Waals surface area (Å²) in [6, 6.07) is 9.03. The van der Waals surface area contributed by atoms with Crippen LogP contribution in [0.4, 0.5) is 0 Å². The number of hydrogen-bond donors (Lipinski definition) is 1. The van der Waals surface area contributed by atoms with Gasteiger partial charge in [-0.05, 0) is 62.6 Å². The lowest BCUT2D eigenvalue weighted by atomic mass is 9.99. The van der Waals surface area contributed by atoms with E-state index in [1.807, 2.05) is 0 Å². The first kappa shape index (κ1) is 18.9. The summed E-state index contributed by atoms with van der Waals surface area (Å²) in [5, 5.41) is 12.2. The largest absolute Gasteiger partial charge is 0.338 e. The molecule has 2 fully saturated rings. The number of rotatable bonds is 6. The SMILES string of the molecule is N#CC1(NC(=O)CCc2ccc(S(=O)(=O)N3CCCC3)cc2)CCCC1. The van der Waals surface area contributed by atoms with Crippen LogP contribution in [0.3, 0.4) is 0 Å². The van der Waals surface area contributed by atoms with Crippen molar-refractivity contribution < 1.29 is 13.2 Å². The third-order valence-electron chi connectivity index (χ3n) is 5.32. The average molecular weight is 375 g/mol. The predicted molar refractivity (Wildman–Crippen MR) is 97.7 cm³/mol. The van der Waals surface area contributed by atoms with Crippen LogP contribution in [0.2, 0.25) is 0 Å². The number of nitrogens with zero attached hydrogens (tertiary/aromatic N) is 2. The maximum atomic E-state index is 12.5. The van der Waals surface area contributed by atoms with E-state index in [9.17, 15) is 18.5 Å². The zero-order chi connectivity index (χ0) is 18.6. The molecule has 0 bridgehead atoms. The van der Waals surface area contributed by atoms with Crippen molar-refractivity contribution in [2.24, 2.45) is 0 Å². The van der Waals surface area contributed by atoms with E-state index >= 15 is 0 Å². The van der Waals surface area contributed by atoms with Gasteiger partial charge >= 0.3 is 0 Å². The number of benzene rings is 1. The molecule has 1 aromatic rings. The highest BCUT2D eigenvalue weighted by Gasteiger charge is 2.35. The van der Waals surface area contributed by atoms with Gasteiger partial charge in [0.1, 0.15) is 5.54 Å². The Hall–Kier alpha value is -1.91. The van der Waals surface area contributed by atoms with Gasteiger partial charge in [-0.3, -0.25) is 4.79 Å². The quantitative estimate of drug-likeness (QED) is 0.826. The van der Waals surface area contributed by atoms with Gasteiger partial charge in [-0.15, -0.1) is 0 Å². The van der Waals surface area contributed by atoms with Crippen LogP contribution in [0, 0.1) is 11.3 Å². The van der Waals surface area contributed by atoms with Crippen molar-refractivity contribution >= 4 is 15.9 Å². The first-order valence-corrected chi connectivity index (χ1v) is 10.7. The van der Waals surface area contributed by atoms with Crippen molar-refractivity contribution in [2.45, 2.75) is 61.8 Å². The molecule has 1 N–H and O–H groups in total. The summed E-state index contributed by atoms with van der Waals surface area (Å²) in [6.45, 7) is 1.18. The molecule has 1 saturated carbocycles. The Balaban J connectivity index is 1.56. The lowest BCUT2D eigenvalue weighted by Crippen LogP contribution is -2.45. The molecule has 0 radical (unpaired) electrons. The number of amides is 1. The van der Waals surface area contributed by atoms with Crippen LogP contribution < -0.4 is 5.32 Å². The van der Waals surface area contributed by atoms with Gasteiger partial charge in [0, 0.05) is 19.5 Å². The highest BCUT2D eigenvalue weighted by atomic mass is 32.2. The molecule has 6 nitrogen and oxygen atoms in total. The van der Waals surface area contributed by atoms with E-state index < -0.39 is 15.6 Å². The second-order valence-electron chi connectivity index (χ2n) is 7.20. The molecule has 26 heavy (non-hydrogen) atoms. The highest BCUT2D eigenvalue weighted by Crippen LogP contribution is 2.29. The van der Waals surface area contributed by atoms with Gasteiger partial charge in [0.25, 0.3) is 0 Å². The number of sulfonamides is 1. The molecular formula is C19H25N3O3S. The molecule has 0 atom stereocenters. The molecule has 0 unspecified atom stereocenters. The summed E-state index contributed by atoms with van der Waals surface area (Å²) in [4.78, 5) is 12.5. The second kappa shape index (κ2) is 7.77. The second-order valence-corrected chi connectivity index (χ2v) is 9.14. The Morgan fingerprint density at radius 2 is 1.73 bits per heavy atom. The monoisotopic (exact) mass is 375 g/mol. The fraction of sp³-hybridized carbons (Fsp3) is 0.579. The minimum atomic E-state index is -3.40. The van der Waals surface area contributed by atoms with Crippen molar-refractivity contribution in [2.75, 3.05) is 13.1 Å². The molecule has 1 amide bonds. The topological polar surface area (TPSA) is 90.3 Å². The molecule has 0 spiro atoms. The normalized spacial score (nSPS) is 20.0. The lowest BCUT2D eigenvalue weighted by molar-refractivity contribution is -0.122. The van der Waals surface area contributed by atoms with E-state index in [2.05, 4.69) is 11.4 Å². The summed E-state index contributed by atoms with van der Waals surface area (Å²) < 4.78 is 26.5. The maximum Gasteiger partial charge on any atom is 0.243 e. The summed E-state index contributed by atoms with van der Waals surface area (Å²) >= 11 is 0. The van der Waals surface area contributed by atoms with E-state index in [0.29, 0.717) is 30.8 Å². The Labute approximate surface area is 155 Å². The molecule has 1 aliphatic heterocycles. The number of nitriles is 1. The molecule has 3 rings (SSSR count). The highest BCUT2D eigenvalue weighted by molar-refractivity contribution is 7.89. The molecule has 1 aliphatic carbocycles. The van der Waals surface area contributed by atoms with Gasteiger partial charge in [-0.2, -0.15) is 9.57 Å². The van der Waals surface area contributed by atoms with Crippen molar-refractivity contribution in [3.63, 3.8) is 0 Å². The standard InChI is InChI=1S/C19H25N3O3S/c20-15-19(11-1-2-12-19)21-18(23)10-7-16-5-8-17(9-6-16)26(24,25)22-13-3-4-14-22/h5-6,8-9H,1-4,7,10-14H2,(H,21,23). The van der Waals surface area contributed by atoms with Crippen molar-refractivity contribution in [3.05, 3.63) is 29.8 Å². The first-order chi connectivity index (χ1) is 12.5. The van der Waals surface area contributed by atoms with E-state index in [4.69, 9.17) is 0 Å². The molecule has 1 heterocycles.